The SMILES string of the molecule is Cc1ccc2[nH]c(=O)c(CCNS(=O)(=O)c3cccc(Cl)c3)cc2c1. The molecule has 5 nitrogen and oxygen atoms in total. The number of hydrogen-bond donors (Lipinski definition) is 2. The number of rotatable bonds is 5. The second kappa shape index (κ2) is 7.00. The lowest BCUT2D eigenvalue weighted by Crippen LogP contribution is -2.27. The molecule has 2 aromatic carbocycles. The summed E-state index contributed by atoms with van der Waals surface area (Å²) < 4.78 is 27.0. The molecule has 0 amide bonds. The summed E-state index contributed by atoms with van der Waals surface area (Å²) in [4.78, 5) is 15.1. The van der Waals surface area contributed by atoms with Crippen LogP contribution >= 0.6 is 11.6 Å². The molecule has 0 aliphatic carbocycles. The zero-order valence-corrected chi connectivity index (χ0v) is 15.1. The molecule has 3 aromatic rings. The minimum atomic E-state index is -3.66. The largest absolute Gasteiger partial charge is 0.322 e. The van der Waals surface area contributed by atoms with Crippen LogP contribution in [0.15, 0.2) is 58.2 Å². The lowest BCUT2D eigenvalue weighted by molar-refractivity contribution is 0.581. The minimum Gasteiger partial charge on any atom is -0.322 e. The quantitative estimate of drug-likeness (QED) is 0.718. The van der Waals surface area contributed by atoms with Crippen LogP contribution in [0.5, 0.6) is 0 Å². The Morgan fingerprint density at radius 1 is 1.12 bits per heavy atom. The van der Waals surface area contributed by atoms with Gasteiger partial charge in [-0.2, -0.15) is 0 Å². The van der Waals surface area contributed by atoms with E-state index in [1.54, 1.807) is 18.2 Å². The number of sulfonamides is 1. The van der Waals surface area contributed by atoms with E-state index in [4.69, 9.17) is 11.6 Å². The molecule has 2 N–H and O–H groups in total. The van der Waals surface area contributed by atoms with E-state index < -0.39 is 10.0 Å². The Labute approximate surface area is 150 Å². The second-order valence-corrected chi connectivity index (χ2v) is 8.02. The summed E-state index contributed by atoms with van der Waals surface area (Å²) in [6.07, 6.45) is 0.291. The van der Waals surface area contributed by atoms with Gasteiger partial charge in [-0.15, -0.1) is 0 Å². The standard InChI is InChI=1S/C18H17ClN2O3S/c1-12-5-6-17-14(9-12)10-13(18(22)21-17)7-8-20-25(23,24)16-4-2-3-15(19)11-16/h2-6,9-11,20H,7-8H2,1H3,(H,21,22). The number of hydrogen-bond acceptors (Lipinski definition) is 3. The molecule has 0 unspecified atom stereocenters. The van der Waals surface area contributed by atoms with Crippen LogP contribution in [0, 0.1) is 6.92 Å². The number of benzene rings is 2. The number of pyridine rings is 1. The van der Waals surface area contributed by atoms with E-state index in [0.29, 0.717) is 17.0 Å². The summed E-state index contributed by atoms with van der Waals surface area (Å²) in [5.74, 6) is 0. The highest BCUT2D eigenvalue weighted by Gasteiger charge is 2.14. The topological polar surface area (TPSA) is 79.0 Å². The Hall–Kier alpha value is -2.15. The van der Waals surface area contributed by atoms with Gasteiger partial charge >= 0.3 is 0 Å². The minimum absolute atomic E-state index is 0.100. The molecule has 1 aromatic heterocycles. The maximum absolute atomic E-state index is 12.3. The molecule has 0 atom stereocenters. The van der Waals surface area contributed by atoms with Crippen molar-refractivity contribution in [3.05, 3.63) is 75.0 Å². The second-order valence-electron chi connectivity index (χ2n) is 5.82. The number of aromatic amines is 1. The van der Waals surface area contributed by atoms with E-state index in [1.165, 1.54) is 12.1 Å². The van der Waals surface area contributed by atoms with Gasteiger partial charge in [0.05, 0.1) is 4.90 Å². The van der Waals surface area contributed by atoms with Crippen molar-refractivity contribution in [1.29, 1.82) is 0 Å². The molecule has 0 aliphatic rings. The predicted molar refractivity (Wildman–Crippen MR) is 99.7 cm³/mol. The van der Waals surface area contributed by atoms with Crippen LogP contribution in [0.4, 0.5) is 0 Å². The highest BCUT2D eigenvalue weighted by Crippen LogP contribution is 2.16. The molecule has 25 heavy (non-hydrogen) atoms. The Bertz CT molecular complexity index is 1090. The smallest absolute Gasteiger partial charge is 0.251 e. The fourth-order valence-electron chi connectivity index (χ4n) is 2.59. The average Bonchev–Trinajstić information content (AvgIpc) is 2.55. The van der Waals surface area contributed by atoms with Crippen LogP contribution in [0.25, 0.3) is 10.9 Å². The van der Waals surface area contributed by atoms with Crippen LogP contribution in [0.2, 0.25) is 5.02 Å². The van der Waals surface area contributed by atoms with Crippen molar-refractivity contribution in [3.8, 4) is 0 Å². The molecule has 7 heteroatoms. The predicted octanol–water partition coefficient (Wildman–Crippen LogP) is 3.01. The summed E-state index contributed by atoms with van der Waals surface area (Å²) in [7, 11) is -3.66. The van der Waals surface area contributed by atoms with Crippen molar-refractivity contribution < 1.29 is 8.42 Å². The molecule has 0 fully saturated rings. The molecule has 0 saturated heterocycles. The summed E-state index contributed by atoms with van der Waals surface area (Å²) in [6, 6.07) is 13.6. The van der Waals surface area contributed by atoms with Crippen molar-refractivity contribution >= 4 is 32.5 Å². The van der Waals surface area contributed by atoms with E-state index >= 15 is 0 Å². The number of aromatic nitrogens is 1. The van der Waals surface area contributed by atoms with Gasteiger partial charge in [-0.25, -0.2) is 13.1 Å². The maximum Gasteiger partial charge on any atom is 0.251 e. The molecule has 0 bridgehead atoms. The maximum atomic E-state index is 12.3. The van der Waals surface area contributed by atoms with E-state index in [1.807, 2.05) is 25.1 Å². The molecule has 3 rings (SSSR count). The molecule has 130 valence electrons. The molecule has 0 aliphatic heterocycles. The number of halogens is 1. The first kappa shape index (κ1) is 17.7. The van der Waals surface area contributed by atoms with Crippen molar-refractivity contribution in [3.63, 3.8) is 0 Å². The molecule has 0 saturated carbocycles. The summed E-state index contributed by atoms with van der Waals surface area (Å²) >= 11 is 5.83. The summed E-state index contributed by atoms with van der Waals surface area (Å²) in [5, 5.41) is 1.27. The van der Waals surface area contributed by atoms with Crippen LogP contribution < -0.4 is 10.3 Å². The third-order valence-electron chi connectivity index (χ3n) is 3.87. The van der Waals surface area contributed by atoms with Crippen LogP contribution in [0.1, 0.15) is 11.1 Å². The van der Waals surface area contributed by atoms with Gasteiger partial charge in [0.15, 0.2) is 0 Å². The Morgan fingerprint density at radius 3 is 2.68 bits per heavy atom. The van der Waals surface area contributed by atoms with Gasteiger partial charge in [0.2, 0.25) is 10.0 Å². The number of aryl methyl sites for hydroxylation is 1. The molecule has 0 spiro atoms. The monoisotopic (exact) mass is 376 g/mol. The number of H-pyrrole nitrogens is 1. The third kappa shape index (κ3) is 4.10. The van der Waals surface area contributed by atoms with Gasteiger partial charge in [0.25, 0.3) is 5.56 Å². The highest BCUT2D eigenvalue weighted by molar-refractivity contribution is 7.89. The molecule has 0 radical (unpaired) electrons. The van der Waals surface area contributed by atoms with Crippen LogP contribution in [-0.4, -0.2) is 19.9 Å². The Kier molecular flexibility index (Phi) is 4.94. The molecule has 1 heterocycles. The third-order valence-corrected chi connectivity index (χ3v) is 5.56. The Morgan fingerprint density at radius 2 is 1.92 bits per heavy atom. The molecular weight excluding hydrogens is 360 g/mol. The first-order valence-corrected chi connectivity index (χ1v) is 9.59. The zero-order valence-electron chi connectivity index (χ0n) is 13.5. The van der Waals surface area contributed by atoms with Gasteiger partial charge in [0.1, 0.15) is 0 Å². The fourth-order valence-corrected chi connectivity index (χ4v) is 3.93. The van der Waals surface area contributed by atoms with E-state index in [0.717, 1.165) is 16.5 Å². The number of nitrogens with one attached hydrogen (secondary N) is 2. The first-order valence-electron chi connectivity index (χ1n) is 7.73. The average molecular weight is 377 g/mol. The van der Waals surface area contributed by atoms with Crippen molar-refractivity contribution in [2.75, 3.05) is 6.54 Å². The zero-order chi connectivity index (χ0) is 18.0. The van der Waals surface area contributed by atoms with Gasteiger partial charge in [-0.05, 0) is 55.1 Å². The lowest BCUT2D eigenvalue weighted by atomic mass is 10.1. The van der Waals surface area contributed by atoms with Crippen molar-refractivity contribution in [2.45, 2.75) is 18.2 Å². The van der Waals surface area contributed by atoms with E-state index in [9.17, 15) is 13.2 Å². The van der Waals surface area contributed by atoms with Gasteiger partial charge in [-0.1, -0.05) is 29.3 Å². The first-order chi connectivity index (χ1) is 11.8. The summed E-state index contributed by atoms with van der Waals surface area (Å²) in [6.45, 7) is 2.10. The van der Waals surface area contributed by atoms with Crippen molar-refractivity contribution in [1.82, 2.24) is 9.71 Å². The van der Waals surface area contributed by atoms with Gasteiger partial charge < -0.3 is 4.98 Å². The van der Waals surface area contributed by atoms with Crippen LogP contribution in [0.3, 0.4) is 0 Å². The summed E-state index contributed by atoms with van der Waals surface area (Å²) in [5.41, 5.74) is 2.18. The fraction of sp³-hybridized carbons (Fsp3) is 0.167. The molecular formula is C18H17ClN2O3S. The Balaban J connectivity index is 1.76. The van der Waals surface area contributed by atoms with Gasteiger partial charge in [0, 0.05) is 22.6 Å². The van der Waals surface area contributed by atoms with Gasteiger partial charge in [-0.3, -0.25) is 4.79 Å². The lowest BCUT2D eigenvalue weighted by Gasteiger charge is -2.08. The van der Waals surface area contributed by atoms with Crippen LogP contribution in [-0.2, 0) is 16.4 Å². The van der Waals surface area contributed by atoms with E-state index in [-0.39, 0.29) is 17.0 Å². The van der Waals surface area contributed by atoms with E-state index in [2.05, 4.69) is 9.71 Å². The number of fused-ring (bicyclic) bond motifs is 1. The normalized spacial score (nSPS) is 11.8. The highest BCUT2D eigenvalue weighted by atomic mass is 35.5. The van der Waals surface area contributed by atoms with Crippen molar-refractivity contribution in [2.24, 2.45) is 0 Å².